The maximum absolute atomic E-state index is 13.8. The third kappa shape index (κ3) is 7.87. The summed E-state index contributed by atoms with van der Waals surface area (Å²) in [5, 5.41) is 20.8. The molecule has 0 spiro atoms. The van der Waals surface area contributed by atoms with Crippen LogP contribution >= 0.6 is 0 Å². The summed E-state index contributed by atoms with van der Waals surface area (Å²) < 4.78 is 24.5. The normalized spacial score (nSPS) is 18.9. The van der Waals surface area contributed by atoms with E-state index in [0.717, 1.165) is 28.0 Å². The van der Waals surface area contributed by atoms with Crippen molar-refractivity contribution in [3.05, 3.63) is 64.6 Å². The molecular formula is C28H42FNO5Si. The van der Waals surface area contributed by atoms with Crippen LogP contribution in [0.4, 0.5) is 4.39 Å². The van der Waals surface area contributed by atoms with Crippen molar-refractivity contribution in [2.24, 2.45) is 5.41 Å². The second kappa shape index (κ2) is 12.8. The first-order valence-electron chi connectivity index (χ1n) is 12.5. The largest absolute Gasteiger partial charge is 0.469 e. The lowest BCUT2D eigenvalue weighted by Crippen LogP contribution is -2.41. The maximum Gasteiger partial charge on any atom is 0.308 e. The Bertz CT molecular complexity index is 994. The zero-order chi connectivity index (χ0) is 27.2. The van der Waals surface area contributed by atoms with Gasteiger partial charge in [0.25, 0.3) is 0 Å². The summed E-state index contributed by atoms with van der Waals surface area (Å²) in [6, 6.07) is 6.42. The fourth-order valence-corrected chi connectivity index (χ4v) is 5.03. The van der Waals surface area contributed by atoms with E-state index in [0.29, 0.717) is 6.73 Å². The minimum Gasteiger partial charge on any atom is -0.469 e. The number of aliphatic hydroxyl groups excluding tert-OH is 2. The number of halogens is 1. The molecule has 36 heavy (non-hydrogen) atoms. The molecule has 0 saturated heterocycles. The van der Waals surface area contributed by atoms with Gasteiger partial charge in [0.1, 0.15) is 12.5 Å². The molecule has 3 atom stereocenters. The van der Waals surface area contributed by atoms with Gasteiger partial charge in [-0.15, -0.1) is 0 Å². The Morgan fingerprint density at radius 3 is 2.36 bits per heavy atom. The Labute approximate surface area is 216 Å². The second-order valence-corrected chi connectivity index (χ2v) is 13.1. The maximum atomic E-state index is 13.8. The molecule has 0 radical (unpaired) electrons. The van der Waals surface area contributed by atoms with E-state index in [-0.39, 0.29) is 30.1 Å². The van der Waals surface area contributed by atoms with Crippen molar-refractivity contribution in [3.63, 3.8) is 0 Å². The van der Waals surface area contributed by atoms with Crippen LogP contribution in [0.15, 0.2) is 53.3 Å². The molecule has 8 heteroatoms. The number of hydrogen-bond acceptors (Lipinski definition) is 6. The number of esters is 1. The molecular weight excluding hydrogens is 477 g/mol. The molecule has 0 saturated carbocycles. The van der Waals surface area contributed by atoms with Gasteiger partial charge >= 0.3 is 5.97 Å². The number of allylic oxidation sites excluding steroid dienone is 3. The van der Waals surface area contributed by atoms with Crippen LogP contribution in [0.3, 0.4) is 0 Å². The van der Waals surface area contributed by atoms with E-state index in [1.54, 1.807) is 18.2 Å². The molecule has 0 aliphatic carbocycles. The van der Waals surface area contributed by atoms with Gasteiger partial charge in [0.05, 0.1) is 31.8 Å². The molecule has 3 unspecified atom stereocenters. The van der Waals surface area contributed by atoms with Gasteiger partial charge in [0.15, 0.2) is 9.04 Å². The molecule has 1 aromatic carbocycles. The lowest BCUT2D eigenvalue weighted by atomic mass is 9.73. The van der Waals surface area contributed by atoms with Crippen LogP contribution in [0.5, 0.6) is 0 Å². The predicted octanol–water partition coefficient (Wildman–Crippen LogP) is 4.79. The summed E-state index contributed by atoms with van der Waals surface area (Å²) in [5.74, 6) is -0.828. The Morgan fingerprint density at radius 1 is 1.22 bits per heavy atom. The molecule has 1 heterocycles. The van der Waals surface area contributed by atoms with Crippen molar-refractivity contribution in [2.75, 3.05) is 13.8 Å². The Kier molecular flexibility index (Phi) is 10.7. The van der Waals surface area contributed by atoms with Crippen LogP contribution in [0.25, 0.3) is 5.57 Å². The highest BCUT2D eigenvalue weighted by molar-refractivity contribution is 6.48. The Hall–Kier alpha value is -2.26. The minimum atomic E-state index is -1.27. The number of ether oxygens (including phenoxy) is 1. The molecule has 6 nitrogen and oxygen atoms in total. The molecule has 0 fully saturated rings. The van der Waals surface area contributed by atoms with Crippen molar-refractivity contribution in [1.82, 2.24) is 4.90 Å². The average Bonchev–Trinajstić information content (AvgIpc) is 2.77. The number of rotatable bonds is 10. The van der Waals surface area contributed by atoms with E-state index in [1.165, 1.54) is 19.2 Å². The number of carbonyl (C=O) groups is 1. The molecule has 200 valence electrons. The zero-order valence-corrected chi connectivity index (χ0v) is 24.0. The fourth-order valence-electron chi connectivity index (χ4n) is 4.57. The number of methoxy groups -OCH3 is 1. The van der Waals surface area contributed by atoms with Gasteiger partial charge in [-0.05, 0) is 66.8 Å². The molecule has 2 N–H and O–H groups in total. The lowest BCUT2D eigenvalue weighted by Gasteiger charge is -2.43. The lowest BCUT2D eigenvalue weighted by molar-refractivity contribution is -0.143. The van der Waals surface area contributed by atoms with E-state index < -0.39 is 27.2 Å². The van der Waals surface area contributed by atoms with Crippen LogP contribution in [0.2, 0.25) is 13.1 Å². The summed E-state index contributed by atoms with van der Waals surface area (Å²) in [6.45, 7) is 15.4. The van der Waals surface area contributed by atoms with Gasteiger partial charge in [0.2, 0.25) is 0 Å². The van der Waals surface area contributed by atoms with Crippen molar-refractivity contribution >= 4 is 20.6 Å². The van der Waals surface area contributed by atoms with E-state index in [4.69, 9.17) is 4.43 Å². The monoisotopic (exact) mass is 519 g/mol. The van der Waals surface area contributed by atoms with Crippen LogP contribution in [-0.4, -0.2) is 62.2 Å². The standard InChI is InChI=1S/C28H42FNO5Si/c1-18-24(14-13-22(31)15-23(32)16-25(33)34-6)26(20-9-11-21(29)12-10-20)27(28(3,4)5)19(2)30(18)17-35-36(7)8/h9-14,18,22-23,31-32,36H,15-17H2,1-8H3. The molecule has 0 aromatic heterocycles. The summed E-state index contributed by atoms with van der Waals surface area (Å²) in [4.78, 5) is 13.7. The first-order valence-corrected chi connectivity index (χ1v) is 15.3. The molecule has 1 aromatic rings. The smallest absolute Gasteiger partial charge is 0.308 e. The third-order valence-electron chi connectivity index (χ3n) is 6.32. The highest BCUT2D eigenvalue weighted by Crippen LogP contribution is 2.46. The average molecular weight is 520 g/mol. The fraction of sp³-hybridized carbons (Fsp3) is 0.536. The molecule has 0 amide bonds. The van der Waals surface area contributed by atoms with Crippen molar-refractivity contribution in [1.29, 1.82) is 0 Å². The van der Waals surface area contributed by atoms with E-state index in [9.17, 15) is 19.4 Å². The third-order valence-corrected chi connectivity index (χ3v) is 7.14. The van der Waals surface area contributed by atoms with E-state index in [1.807, 2.05) is 6.08 Å². The van der Waals surface area contributed by atoms with Gasteiger partial charge in [0, 0.05) is 12.1 Å². The topological polar surface area (TPSA) is 79.2 Å². The predicted molar refractivity (Wildman–Crippen MR) is 144 cm³/mol. The number of benzene rings is 1. The summed E-state index contributed by atoms with van der Waals surface area (Å²) in [6.07, 6.45) is 1.38. The van der Waals surface area contributed by atoms with Crippen LogP contribution < -0.4 is 0 Å². The van der Waals surface area contributed by atoms with Crippen molar-refractivity contribution in [3.8, 4) is 0 Å². The van der Waals surface area contributed by atoms with Crippen molar-refractivity contribution < 1.29 is 28.6 Å². The quantitative estimate of drug-likeness (QED) is 0.342. The van der Waals surface area contributed by atoms with Gasteiger partial charge < -0.3 is 24.3 Å². The van der Waals surface area contributed by atoms with Gasteiger partial charge in [-0.25, -0.2) is 4.39 Å². The number of hydrogen-bond donors (Lipinski definition) is 2. The molecule has 2 rings (SSSR count). The van der Waals surface area contributed by atoms with E-state index >= 15 is 0 Å². The Balaban J connectivity index is 2.59. The van der Waals surface area contributed by atoms with Crippen molar-refractivity contribution in [2.45, 2.75) is 78.8 Å². The highest BCUT2D eigenvalue weighted by atomic mass is 28.3. The highest BCUT2D eigenvalue weighted by Gasteiger charge is 2.35. The van der Waals surface area contributed by atoms with Gasteiger partial charge in [-0.2, -0.15) is 0 Å². The molecule has 0 bridgehead atoms. The van der Waals surface area contributed by atoms with Gasteiger partial charge in [-0.1, -0.05) is 45.1 Å². The number of carbonyl (C=O) groups excluding carboxylic acids is 1. The van der Waals surface area contributed by atoms with Gasteiger partial charge in [-0.3, -0.25) is 4.79 Å². The van der Waals surface area contributed by atoms with Crippen LogP contribution in [0.1, 0.15) is 53.0 Å². The summed E-state index contributed by atoms with van der Waals surface area (Å²) in [7, 11) is -0.00645. The summed E-state index contributed by atoms with van der Waals surface area (Å²) >= 11 is 0. The Morgan fingerprint density at radius 2 is 1.83 bits per heavy atom. The zero-order valence-electron chi connectivity index (χ0n) is 22.8. The van der Waals surface area contributed by atoms with E-state index in [2.05, 4.69) is 57.3 Å². The molecule has 1 aliphatic rings. The molecule has 1 aliphatic heterocycles. The van der Waals surface area contributed by atoms with Crippen LogP contribution in [0, 0.1) is 11.2 Å². The second-order valence-electron chi connectivity index (χ2n) is 10.6. The SMILES string of the molecule is COC(=O)CC(O)CC(O)C=CC1=C(c2ccc(F)cc2)C(C(C)(C)C)=C(C)N(CO[SiH](C)C)C1C. The first kappa shape index (κ1) is 30.0. The summed E-state index contributed by atoms with van der Waals surface area (Å²) in [5.41, 5.74) is 4.87. The number of aliphatic hydroxyl groups is 2. The minimum absolute atomic E-state index is 0.00587. The first-order chi connectivity index (χ1) is 16.8. The van der Waals surface area contributed by atoms with Crippen LogP contribution in [-0.2, 0) is 14.0 Å². The number of nitrogens with zero attached hydrogens (tertiary/aromatic N) is 1.